The minimum absolute atomic E-state index is 0.0134. The summed E-state index contributed by atoms with van der Waals surface area (Å²) in [5, 5.41) is 0. The molecule has 0 bridgehead atoms. The van der Waals surface area contributed by atoms with Crippen molar-refractivity contribution >= 4 is 6.08 Å². The van der Waals surface area contributed by atoms with Gasteiger partial charge in [-0.2, -0.15) is 4.99 Å². The normalized spacial score (nSPS) is 16.6. The van der Waals surface area contributed by atoms with E-state index in [1.54, 1.807) is 12.1 Å². The van der Waals surface area contributed by atoms with Crippen molar-refractivity contribution in [2.75, 3.05) is 14.2 Å². The third kappa shape index (κ3) is 2.76. The number of nitrogens with zero attached hydrogens (tertiary/aromatic N) is 1. The molecule has 6 heteroatoms. The number of hydrogen-bond acceptors (Lipinski definition) is 4. The zero-order valence-corrected chi connectivity index (χ0v) is 12.0. The quantitative estimate of drug-likeness (QED) is 0.614. The fourth-order valence-electron chi connectivity index (χ4n) is 2.94. The van der Waals surface area contributed by atoms with Crippen molar-refractivity contribution < 1.29 is 23.0 Å². The molecule has 0 N–H and O–H groups in total. The Hall–Kier alpha value is -1.94. The molecule has 0 amide bonds. The monoisotopic (exact) mass is 297 g/mol. The predicted octanol–water partition coefficient (Wildman–Crippen LogP) is 3.75. The summed E-state index contributed by atoms with van der Waals surface area (Å²) in [5.41, 5.74) is -0.471. The van der Waals surface area contributed by atoms with E-state index in [-0.39, 0.29) is 17.1 Å². The Morgan fingerprint density at radius 3 is 2.38 bits per heavy atom. The van der Waals surface area contributed by atoms with Gasteiger partial charge in [0, 0.05) is 0 Å². The molecule has 0 heterocycles. The van der Waals surface area contributed by atoms with E-state index in [0.717, 1.165) is 12.8 Å². The lowest BCUT2D eigenvalue weighted by molar-refractivity contribution is 0.146. The highest BCUT2D eigenvalue weighted by molar-refractivity contribution is 5.52. The Bertz CT molecular complexity index is 562. The Morgan fingerprint density at radius 2 is 1.90 bits per heavy atom. The number of rotatable bonds is 5. The number of aliphatic imine (C=N–C) groups is 1. The van der Waals surface area contributed by atoms with Gasteiger partial charge in [0.05, 0.1) is 25.3 Å². The Morgan fingerprint density at radius 1 is 1.24 bits per heavy atom. The Labute approximate surface area is 121 Å². The zero-order chi connectivity index (χ0) is 15.5. The van der Waals surface area contributed by atoms with E-state index >= 15 is 0 Å². The molecule has 4 nitrogen and oxygen atoms in total. The summed E-state index contributed by atoms with van der Waals surface area (Å²) in [4.78, 5) is 14.6. The largest absolute Gasteiger partial charge is 0.493 e. The minimum Gasteiger partial charge on any atom is -0.493 e. The van der Waals surface area contributed by atoms with Crippen LogP contribution in [0.2, 0.25) is 0 Å². The topological polar surface area (TPSA) is 47.9 Å². The molecule has 0 atom stereocenters. The maximum absolute atomic E-state index is 13.3. The van der Waals surface area contributed by atoms with Crippen LogP contribution < -0.4 is 9.47 Å². The second kappa shape index (κ2) is 6.22. The van der Waals surface area contributed by atoms with Crippen molar-refractivity contribution in [3.63, 3.8) is 0 Å². The van der Waals surface area contributed by atoms with E-state index in [1.165, 1.54) is 20.3 Å². The number of halogens is 2. The van der Waals surface area contributed by atoms with Crippen molar-refractivity contribution in [2.24, 2.45) is 4.99 Å². The fourth-order valence-corrected chi connectivity index (χ4v) is 2.94. The molecule has 0 saturated heterocycles. The van der Waals surface area contributed by atoms with Gasteiger partial charge in [0.25, 0.3) is 6.43 Å². The van der Waals surface area contributed by atoms with Crippen molar-refractivity contribution in [3.05, 3.63) is 23.3 Å². The van der Waals surface area contributed by atoms with Gasteiger partial charge >= 0.3 is 0 Å². The molecule has 0 unspecified atom stereocenters. The number of carbonyl (C=O) groups excluding carboxylic acids is 1. The lowest BCUT2D eigenvalue weighted by Gasteiger charge is -2.25. The molecule has 1 aliphatic rings. The van der Waals surface area contributed by atoms with Gasteiger partial charge in [0.2, 0.25) is 6.08 Å². The number of hydrogen-bond donors (Lipinski definition) is 0. The fraction of sp³-hybridized carbons (Fsp3) is 0.533. The van der Waals surface area contributed by atoms with Crippen LogP contribution in [-0.4, -0.2) is 20.3 Å². The van der Waals surface area contributed by atoms with E-state index < -0.39 is 12.0 Å². The molecule has 0 aromatic heterocycles. The molecular formula is C15H17F2NO3. The number of alkyl halides is 2. The van der Waals surface area contributed by atoms with Gasteiger partial charge in [-0.05, 0) is 30.5 Å². The molecule has 1 saturated carbocycles. The van der Waals surface area contributed by atoms with Crippen molar-refractivity contribution in [3.8, 4) is 11.5 Å². The first-order valence-corrected chi connectivity index (χ1v) is 6.71. The van der Waals surface area contributed by atoms with E-state index in [9.17, 15) is 13.6 Å². The van der Waals surface area contributed by atoms with Crippen molar-refractivity contribution in [2.45, 2.75) is 37.6 Å². The average molecular weight is 297 g/mol. The van der Waals surface area contributed by atoms with Crippen LogP contribution in [0.5, 0.6) is 11.5 Å². The van der Waals surface area contributed by atoms with Gasteiger partial charge in [-0.1, -0.05) is 12.8 Å². The first-order chi connectivity index (χ1) is 10.1. The second-order valence-electron chi connectivity index (χ2n) is 5.04. The van der Waals surface area contributed by atoms with E-state index in [2.05, 4.69) is 4.99 Å². The zero-order valence-electron chi connectivity index (χ0n) is 12.0. The van der Waals surface area contributed by atoms with Gasteiger partial charge in [-0.25, -0.2) is 13.6 Å². The molecule has 2 rings (SSSR count). The highest BCUT2D eigenvalue weighted by Crippen LogP contribution is 2.47. The summed E-state index contributed by atoms with van der Waals surface area (Å²) < 4.78 is 36.7. The van der Waals surface area contributed by atoms with Gasteiger partial charge < -0.3 is 9.47 Å². The standard InChI is InChI=1S/C15H17F2NO3/c1-20-12-8-10(7-11(14(16)17)13(12)21-2)15(18-9-19)5-3-4-6-15/h7-8,14H,3-6H2,1-2H3. The Balaban J connectivity index is 2.63. The van der Waals surface area contributed by atoms with E-state index in [4.69, 9.17) is 9.47 Å². The first kappa shape index (κ1) is 15.4. The van der Waals surface area contributed by atoms with Crippen LogP contribution in [0.1, 0.15) is 43.2 Å². The number of ether oxygens (including phenoxy) is 2. The summed E-state index contributed by atoms with van der Waals surface area (Å²) in [6.07, 6.45) is 1.94. The van der Waals surface area contributed by atoms with Crippen LogP contribution in [0.3, 0.4) is 0 Å². The molecule has 1 fully saturated rings. The van der Waals surface area contributed by atoms with Crippen molar-refractivity contribution in [1.82, 2.24) is 0 Å². The third-order valence-electron chi connectivity index (χ3n) is 3.97. The summed E-state index contributed by atoms with van der Waals surface area (Å²) in [6, 6.07) is 2.98. The molecule has 114 valence electrons. The molecule has 0 spiro atoms. The maximum atomic E-state index is 13.3. The highest BCUT2D eigenvalue weighted by Gasteiger charge is 2.37. The molecular weight excluding hydrogens is 280 g/mol. The molecule has 1 aliphatic carbocycles. The Kier molecular flexibility index (Phi) is 4.58. The van der Waals surface area contributed by atoms with Crippen LogP contribution in [0.25, 0.3) is 0 Å². The average Bonchev–Trinajstić information content (AvgIpc) is 2.95. The summed E-state index contributed by atoms with van der Waals surface area (Å²) in [5.74, 6) is 0.233. The van der Waals surface area contributed by atoms with Crippen LogP contribution in [-0.2, 0) is 10.3 Å². The smallest absolute Gasteiger partial charge is 0.267 e. The van der Waals surface area contributed by atoms with Gasteiger partial charge in [-0.3, -0.25) is 0 Å². The molecule has 0 aliphatic heterocycles. The maximum Gasteiger partial charge on any atom is 0.267 e. The molecule has 1 aromatic carbocycles. The van der Waals surface area contributed by atoms with Gasteiger partial charge in [-0.15, -0.1) is 0 Å². The first-order valence-electron chi connectivity index (χ1n) is 6.71. The van der Waals surface area contributed by atoms with Crippen LogP contribution >= 0.6 is 0 Å². The summed E-state index contributed by atoms with van der Waals surface area (Å²) in [6.45, 7) is 0. The predicted molar refractivity (Wildman–Crippen MR) is 72.8 cm³/mol. The number of benzene rings is 1. The molecule has 0 radical (unpaired) electrons. The van der Waals surface area contributed by atoms with E-state index in [1.807, 2.05) is 0 Å². The number of methoxy groups -OCH3 is 2. The molecule has 21 heavy (non-hydrogen) atoms. The number of isocyanates is 1. The summed E-state index contributed by atoms with van der Waals surface area (Å²) >= 11 is 0. The lowest BCUT2D eigenvalue weighted by Crippen LogP contribution is -2.19. The van der Waals surface area contributed by atoms with Gasteiger partial charge in [0.15, 0.2) is 11.5 Å². The van der Waals surface area contributed by atoms with E-state index in [0.29, 0.717) is 18.4 Å². The molecule has 1 aromatic rings. The van der Waals surface area contributed by atoms with Crippen LogP contribution in [0, 0.1) is 0 Å². The van der Waals surface area contributed by atoms with Crippen molar-refractivity contribution in [1.29, 1.82) is 0 Å². The minimum atomic E-state index is -2.70. The second-order valence-corrected chi connectivity index (χ2v) is 5.04. The lowest BCUT2D eigenvalue weighted by atomic mass is 9.87. The van der Waals surface area contributed by atoms with Crippen LogP contribution in [0.4, 0.5) is 8.78 Å². The van der Waals surface area contributed by atoms with Crippen LogP contribution in [0.15, 0.2) is 17.1 Å². The SMILES string of the molecule is COc1cc(C2(N=C=O)CCCC2)cc(C(F)F)c1OC. The summed E-state index contributed by atoms with van der Waals surface area (Å²) in [7, 11) is 2.71. The van der Waals surface area contributed by atoms with Gasteiger partial charge in [0.1, 0.15) is 0 Å². The highest BCUT2D eigenvalue weighted by atomic mass is 19.3. The third-order valence-corrected chi connectivity index (χ3v) is 3.97.